The van der Waals surface area contributed by atoms with Crippen LogP contribution in [0.25, 0.3) is 0 Å². The van der Waals surface area contributed by atoms with Crippen LogP contribution in [0.5, 0.6) is 0 Å². The van der Waals surface area contributed by atoms with Crippen LogP contribution < -0.4 is 0 Å². The molecular formula is C19H27N5O2. The molecular weight excluding hydrogens is 330 g/mol. The quantitative estimate of drug-likeness (QED) is 0.758. The Balaban J connectivity index is 1.69. The van der Waals surface area contributed by atoms with Crippen molar-refractivity contribution in [2.45, 2.75) is 33.1 Å². The molecule has 3 heterocycles. The lowest BCUT2D eigenvalue weighted by Gasteiger charge is -2.29. The fourth-order valence-corrected chi connectivity index (χ4v) is 3.51. The predicted octanol–water partition coefficient (Wildman–Crippen LogP) is 2.02. The highest BCUT2D eigenvalue weighted by molar-refractivity contribution is 5.94. The molecule has 26 heavy (non-hydrogen) atoms. The third kappa shape index (κ3) is 4.09. The van der Waals surface area contributed by atoms with Gasteiger partial charge in [-0.05, 0) is 38.8 Å². The fourth-order valence-electron chi connectivity index (χ4n) is 3.51. The molecule has 0 aliphatic carbocycles. The van der Waals surface area contributed by atoms with Gasteiger partial charge >= 0.3 is 0 Å². The van der Waals surface area contributed by atoms with Crippen LogP contribution in [0, 0.1) is 12.3 Å². The molecule has 7 nitrogen and oxygen atoms in total. The lowest BCUT2D eigenvalue weighted by atomic mass is 9.83. The minimum atomic E-state index is -0.0320. The summed E-state index contributed by atoms with van der Waals surface area (Å²) >= 11 is 0. The van der Waals surface area contributed by atoms with E-state index in [0.717, 1.165) is 37.3 Å². The van der Waals surface area contributed by atoms with E-state index in [1.807, 2.05) is 42.5 Å². The van der Waals surface area contributed by atoms with Gasteiger partial charge in [0, 0.05) is 50.5 Å². The third-order valence-electron chi connectivity index (χ3n) is 5.18. The van der Waals surface area contributed by atoms with Gasteiger partial charge in [-0.1, -0.05) is 0 Å². The van der Waals surface area contributed by atoms with Crippen LogP contribution in [-0.4, -0.2) is 56.9 Å². The monoisotopic (exact) mass is 357 g/mol. The number of hydrogen-bond acceptors (Lipinski definition) is 5. The van der Waals surface area contributed by atoms with Gasteiger partial charge in [0.15, 0.2) is 0 Å². The van der Waals surface area contributed by atoms with Crippen molar-refractivity contribution >= 4 is 5.91 Å². The number of nitrogens with zero attached hydrogens (tertiary/aromatic N) is 5. The molecule has 1 saturated heterocycles. The van der Waals surface area contributed by atoms with Gasteiger partial charge in [0.1, 0.15) is 12.2 Å². The third-order valence-corrected chi connectivity index (χ3v) is 5.18. The van der Waals surface area contributed by atoms with E-state index < -0.39 is 0 Å². The second-order valence-electron chi connectivity index (χ2n) is 7.16. The highest BCUT2D eigenvalue weighted by Gasteiger charge is 2.40. The molecule has 1 atom stereocenters. The van der Waals surface area contributed by atoms with Crippen molar-refractivity contribution in [1.29, 1.82) is 0 Å². The average molecular weight is 357 g/mol. The summed E-state index contributed by atoms with van der Waals surface area (Å²) in [5.74, 6) is 1.02. The molecule has 2 aromatic heterocycles. The summed E-state index contributed by atoms with van der Waals surface area (Å²) in [4.78, 5) is 19.0. The second kappa shape index (κ2) is 7.95. The molecule has 0 radical (unpaired) electrons. The molecule has 1 aliphatic rings. The summed E-state index contributed by atoms with van der Waals surface area (Å²) in [6.07, 6.45) is 6.09. The number of carbonyl (C=O) groups is 1. The minimum Gasteiger partial charge on any atom is -0.381 e. The van der Waals surface area contributed by atoms with Gasteiger partial charge in [-0.3, -0.25) is 9.78 Å². The van der Waals surface area contributed by atoms with Gasteiger partial charge in [0.2, 0.25) is 0 Å². The molecule has 0 bridgehead atoms. The van der Waals surface area contributed by atoms with Gasteiger partial charge in [-0.2, -0.15) is 0 Å². The SMILES string of the molecule is CCOC[C@@]1(CCc2nncn2C)CCN(C(=O)c2ccc(C)nc2)C1. The molecule has 0 N–H and O–H groups in total. The van der Waals surface area contributed by atoms with Crippen LogP contribution in [0.3, 0.4) is 0 Å². The molecule has 140 valence electrons. The van der Waals surface area contributed by atoms with Crippen molar-refractivity contribution in [3.05, 3.63) is 41.7 Å². The summed E-state index contributed by atoms with van der Waals surface area (Å²) in [5.41, 5.74) is 1.53. The Kier molecular flexibility index (Phi) is 5.66. The predicted molar refractivity (Wildman–Crippen MR) is 97.7 cm³/mol. The van der Waals surface area contributed by atoms with Crippen molar-refractivity contribution in [1.82, 2.24) is 24.6 Å². The maximum atomic E-state index is 12.8. The summed E-state index contributed by atoms with van der Waals surface area (Å²) < 4.78 is 7.73. The van der Waals surface area contributed by atoms with Crippen LogP contribution in [0.15, 0.2) is 24.7 Å². The largest absolute Gasteiger partial charge is 0.381 e. The van der Waals surface area contributed by atoms with Crippen molar-refractivity contribution in [3.63, 3.8) is 0 Å². The zero-order valence-corrected chi connectivity index (χ0v) is 15.8. The van der Waals surface area contributed by atoms with Gasteiger partial charge in [0.05, 0.1) is 12.2 Å². The molecule has 0 unspecified atom stereocenters. The number of likely N-dealkylation sites (tertiary alicyclic amines) is 1. The van der Waals surface area contributed by atoms with Gasteiger partial charge in [-0.15, -0.1) is 10.2 Å². The molecule has 2 aromatic rings. The second-order valence-corrected chi connectivity index (χ2v) is 7.16. The van der Waals surface area contributed by atoms with Crippen molar-refractivity contribution in [3.8, 4) is 0 Å². The van der Waals surface area contributed by atoms with Crippen LogP contribution in [0.1, 0.15) is 41.6 Å². The number of pyridine rings is 1. The molecule has 1 amide bonds. The fraction of sp³-hybridized carbons (Fsp3) is 0.579. The topological polar surface area (TPSA) is 73.1 Å². The number of hydrogen-bond donors (Lipinski definition) is 0. The van der Waals surface area contributed by atoms with E-state index in [-0.39, 0.29) is 11.3 Å². The standard InChI is InChI=1S/C19H27N5O2/c1-4-26-13-19(8-7-17-22-21-14-23(17)3)9-10-24(12-19)18(25)16-6-5-15(2)20-11-16/h5-6,11,14H,4,7-10,12-13H2,1-3H3/t19-/m0/s1. The summed E-state index contributed by atoms with van der Waals surface area (Å²) in [5, 5.41) is 8.13. The summed E-state index contributed by atoms with van der Waals surface area (Å²) in [6.45, 7) is 6.73. The van der Waals surface area contributed by atoms with E-state index in [0.29, 0.717) is 25.3 Å². The Morgan fingerprint density at radius 2 is 2.23 bits per heavy atom. The van der Waals surface area contributed by atoms with E-state index >= 15 is 0 Å². The number of aromatic nitrogens is 4. The maximum absolute atomic E-state index is 12.8. The highest BCUT2D eigenvalue weighted by Crippen LogP contribution is 2.36. The lowest BCUT2D eigenvalue weighted by Crippen LogP contribution is -2.35. The summed E-state index contributed by atoms with van der Waals surface area (Å²) in [6, 6.07) is 3.73. The van der Waals surface area contributed by atoms with Crippen LogP contribution in [0.4, 0.5) is 0 Å². The minimum absolute atomic E-state index is 0.0320. The number of amides is 1. The number of ether oxygens (including phenoxy) is 1. The van der Waals surface area contributed by atoms with E-state index in [1.165, 1.54) is 0 Å². The first-order chi connectivity index (χ1) is 12.5. The first-order valence-electron chi connectivity index (χ1n) is 9.15. The smallest absolute Gasteiger partial charge is 0.255 e. The van der Waals surface area contributed by atoms with Crippen molar-refractivity contribution in [2.24, 2.45) is 12.5 Å². The Morgan fingerprint density at radius 3 is 2.88 bits per heavy atom. The van der Waals surface area contributed by atoms with Gasteiger partial charge < -0.3 is 14.2 Å². The van der Waals surface area contributed by atoms with Crippen molar-refractivity contribution < 1.29 is 9.53 Å². The Labute approximate surface area is 154 Å². The molecule has 0 spiro atoms. The average Bonchev–Trinajstić information content (AvgIpc) is 3.25. The molecule has 1 aliphatic heterocycles. The zero-order chi connectivity index (χ0) is 18.6. The zero-order valence-electron chi connectivity index (χ0n) is 15.8. The van der Waals surface area contributed by atoms with E-state index in [1.54, 1.807) is 12.5 Å². The number of aryl methyl sites for hydroxylation is 3. The Bertz CT molecular complexity index is 743. The van der Waals surface area contributed by atoms with Crippen molar-refractivity contribution in [2.75, 3.05) is 26.3 Å². The highest BCUT2D eigenvalue weighted by atomic mass is 16.5. The molecule has 3 rings (SSSR count). The summed E-state index contributed by atoms with van der Waals surface area (Å²) in [7, 11) is 1.96. The molecule has 0 saturated carbocycles. The molecule has 0 aromatic carbocycles. The first kappa shape index (κ1) is 18.5. The maximum Gasteiger partial charge on any atom is 0.255 e. The number of carbonyl (C=O) groups excluding carboxylic acids is 1. The normalized spacial score (nSPS) is 19.9. The lowest BCUT2D eigenvalue weighted by molar-refractivity contribution is 0.0462. The Hall–Kier alpha value is -2.28. The number of rotatable bonds is 7. The van der Waals surface area contributed by atoms with Gasteiger partial charge in [0.25, 0.3) is 5.91 Å². The Morgan fingerprint density at radius 1 is 1.38 bits per heavy atom. The van der Waals surface area contributed by atoms with Crippen LogP contribution in [0.2, 0.25) is 0 Å². The van der Waals surface area contributed by atoms with E-state index in [4.69, 9.17) is 4.74 Å². The van der Waals surface area contributed by atoms with Crippen LogP contribution >= 0.6 is 0 Å². The van der Waals surface area contributed by atoms with Gasteiger partial charge in [-0.25, -0.2) is 0 Å². The van der Waals surface area contributed by atoms with E-state index in [9.17, 15) is 4.79 Å². The van der Waals surface area contributed by atoms with Crippen LogP contribution in [-0.2, 0) is 18.2 Å². The van der Waals surface area contributed by atoms with E-state index in [2.05, 4.69) is 15.2 Å². The first-order valence-corrected chi connectivity index (χ1v) is 9.15. The molecule has 7 heteroatoms. The molecule has 1 fully saturated rings.